The summed E-state index contributed by atoms with van der Waals surface area (Å²) in [5.41, 5.74) is 0. The number of nitrogens with one attached hydrogen (secondary N) is 3. The fourth-order valence-corrected chi connectivity index (χ4v) is 1.85. The van der Waals surface area contributed by atoms with Gasteiger partial charge in [0.05, 0.1) is 6.42 Å². The van der Waals surface area contributed by atoms with E-state index in [2.05, 4.69) is 20.9 Å². The van der Waals surface area contributed by atoms with Crippen molar-refractivity contribution >= 4 is 18.0 Å². The van der Waals surface area contributed by atoms with Gasteiger partial charge in [-0.25, -0.2) is 9.59 Å². The molecule has 0 aromatic heterocycles. The molecule has 0 saturated carbocycles. The molecule has 1 aliphatic rings. The lowest BCUT2D eigenvalue weighted by Gasteiger charge is -2.27. The van der Waals surface area contributed by atoms with Crippen LogP contribution < -0.4 is 16.0 Å². The molecule has 114 valence electrons. The van der Waals surface area contributed by atoms with E-state index in [9.17, 15) is 14.4 Å². The molecule has 1 atom stereocenters. The van der Waals surface area contributed by atoms with Crippen LogP contribution in [0.2, 0.25) is 0 Å². The van der Waals surface area contributed by atoms with Crippen molar-refractivity contribution in [1.29, 1.82) is 0 Å². The maximum absolute atomic E-state index is 11.5. The molecule has 1 heterocycles. The highest BCUT2D eigenvalue weighted by atomic mass is 16.4. The van der Waals surface area contributed by atoms with Gasteiger partial charge in [-0.1, -0.05) is 0 Å². The predicted octanol–water partition coefficient (Wildman–Crippen LogP) is -1.88. The van der Waals surface area contributed by atoms with Gasteiger partial charge in [0.15, 0.2) is 0 Å². The Labute approximate surface area is 116 Å². The van der Waals surface area contributed by atoms with Crippen molar-refractivity contribution < 1.29 is 24.6 Å². The van der Waals surface area contributed by atoms with Crippen molar-refractivity contribution in [3.63, 3.8) is 0 Å². The third kappa shape index (κ3) is 6.34. The van der Waals surface area contributed by atoms with Gasteiger partial charge >= 0.3 is 18.0 Å². The van der Waals surface area contributed by atoms with Crippen molar-refractivity contribution in [2.24, 2.45) is 0 Å². The van der Waals surface area contributed by atoms with E-state index in [1.807, 2.05) is 0 Å². The minimum atomic E-state index is -1.42. The lowest BCUT2D eigenvalue weighted by atomic mass is 10.2. The zero-order valence-electron chi connectivity index (χ0n) is 11.1. The second-order valence-corrected chi connectivity index (χ2v) is 4.48. The summed E-state index contributed by atoms with van der Waals surface area (Å²) in [5.74, 6) is -2.65. The number of aliphatic carboxylic acids is 2. The first-order valence-electron chi connectivity index (χ1n) is 6.41. The van der Waals surface area contributed by atoms with Crippen LogP contribution in [0.25, 0.3) is 0 Å². The average molecular weight is 288 g/mol. The largest absolute Gasteiger partial charge is 0.481 e. The van der Waals surface area contributed by atoms with Gasteiger partial charge in [-0.15, -0.1) is 0 Å². The Hall–Kier alpha value is -1.87. The van der Waals surface area contributed by atoms with E-state index in [1.165, 1.54) is 0 Å². The Balaban J connectivity index is 2.23. The van der Waals surface area contributed by atoms with Crippen LogP contribution in [0.4, 0.5) is 4.79 Å². The summed E-state index contributed by atoms with van der Waals surface area (Å²) in [6.45, 7) is 4.68. The second-order valence-electron chi connectivity index (χ2n) is 4.48. The molecular formula is C11H20N4O5. The first kappa shape index (κ1) is 16.2. The summed E-state index contributed by atoms with van der Waals surface area (Å²) >= 11 is 0. The van der Waals surface area contributed by atoms with Gasteiger partial charge < -0.3 is 26.2 Å². The number of carbonyl (C=O) groups excluding carboxylic acids is 1. The number of amides is 2. The van der Waals surface area contributed by atoms with Crippen LogP contribution >= 0.6 is 0 Å². The average Bonchev–Trinajstić information content (AvgIpc) is 2.38. The number of urea groups is 1. The number of nitrogens with zero attached hydrogens (tertiary/aromatic N) is 1. The summed E-state index contributed by atoms with van der Waals surface area (Å²) in [6.07, 6.45) is -0.652. The second kappa shape index (κ2) is 8.33. The molecule has 1 unspecified atom stereocenters. The Morgan fingerprint density at radius 3 is 2.40 bits per heavy atom. The van der Waals surface area contributed by atoms with Crippen LogP contribution in [0.3, 0.4) is 0 Å². The minimum Gasteiger partial charge on any atom is -0.481 e. The first-order chi connectivity index (χ1) is 9.49. The van der Waals surface area contributed by atoms with Crippen LogP contribution in [0.1, 0.15) is 6.42 Å². The minimum absolute atomic E-state index is 0.380. The van der Waals surface area contributed by atoms with Crippen LogP contribution in [-0.4, -0.2) is 78.4 Å². The standard InChI is InChI=1S/C11H20N4O5/c16-9(17)7-8(10(18)19)14-11(20)13-3-6-15-4-1-12-2-5-15/h8,12H,1-7H2,(H,16,17)(H,18,19)(H2,13,14,20). The van der Waals surface area contributed by atoms with Crippen molar-refractivity contribution in [2.45, 2.75) is 12.5 Å². The van der Waals surface area contributed by atoms with E-state index in [4.69, 9.17) is 10.2 Å². The number of carboxylic acid groups (broad SMARTS) is 2. The van der Waals surface area contributed by atoms with Crippen molar-refractivity contribution in [1.82, 2.24) is 20.9 Å². The molecule has 0 spiro atoms. The molecule has 1 saturated heterocycles. The number of carboxylic acids is 2. The maximum atomic E-state index is 11.5. The van der Waals surface area contributed by atoms with Gasteiger partial charge in [-0.2, -0.15) is 0 Å². The number of hydrogen-bond donors (Lipinski definition) is 5. The highest BCUT2D eigenvalue weighted by Crippen LogP contribution is 1.93. The normalized spacial score (nSPS) is 17.2. The fourth-order valence-electron chi connectivity index (χ4n) is 1.85. The molecule has 1 aliphatic heterocycles. The summed E-state index contributed by atoms with van der Waals surface area (Å²) in [6, 6.07) is -2.10. The molecule has 2 amide bonds. The van der Waals surface area contributed by atoms with Gasteiger partial charge in [-0.3, -0.25) is 9.69 Å². The van der Waals surface area contributed by atoms with Crippen molar-refractivity contribution in [3.8, 4) is 0 Å². The molecule has 0 aromatic rings. The van der Waals surface area contributed by atoms with Gasteiger partial charge in [-0.05, 0) is 0 Å². The zero-order chi connectivity index (χ0) is 15.0. The lowest BCUT2D eigenvalue weighted by Crippen LogP contribution is -2.50. The number of rotatable bonds is 7. The third-order valence-electron chi connectivity index (χ3n) is 2.91. The summed E-state index contributed by atoms with van der Waals surface area (Å²) in [5, 5.41) is 25.2. The monoisotopic (exact) mass is 288 g/mol. The van der Waals surface area contributed by atoms with E-state index in [-0.39, 0.29) is 0 Å². The summed E-state index contributed by atoms with van der Waals surface area (Å²) < 4.78 is 0. The van der Waals surface area contributed by atoms with Gasteiger partial charge in [0.2, 0.25) is 0 Å². The van der Waals surface area contributed by atoms with Crippen molar-refractivity contribution in [2.75, 3.05) is 39.3 Å². The zero-order valence-corrected chi connectivity index (χ0v) is 11.1. The smallest absolute Gasteiger partial charge is 0.326 e. The molecule has 9 nitrogen and oxygen atoms in total. The summed E-state index contributed by atoms with van der Waals surface area (Å²) in [4.78, 5) is 34.9. The Morgan fingerprint density at radius 2 is 1.85 bits per heavy atom. The molecule has 5 N–H and O–H groups in total. The van der Waals surface area contributed by atoms with Crippen molar-refractivity contribution in [3.05, 3.63) is 0 Å². The maximum Gasteiger partial charge on any atom is 0.326 e. The molecule has 0 aliphatic carbocycles. The molecule has 0 aromatic carbocycles. The first-order valence-corrected chi connectivity index (χ1v) is 6.41. The van der Waals surface area contributed by atoms with Crippen LogP contribution in [0.15, 0.2) is 0 Å². The van der Waals surface area contributed by atoms with E-state index >= 15 is 0 Å². The SMILES string of the molecule is O=C(O)CC(NC(=O)NCCN1CCNCC1)C(=O)O. The number of hydrogen-bond acceptors (Lipinski definition) is 5. The van der Waals surface area contributed by atoms with Gasteiger partial charge in [0, 0.05) is 39.3 Å². The molecule has 0 bridgehead atoms. The van der Waals surface area contributed by atoms with Gasteiger partial charge in [0.25, 0.3) is 0 Å². The van der Waals surface area contributed by atoms with Crippen LogP contribution in [0, 0.1) is 0 Å². The van der Waals surface area contributed by atoms with E-state index in [0.29, 0.717) is 13.1 Å². The highest BCUT2D eigenvalue weighted by Gasteiger charge is 2.22. The molecule has 1 fully saturated rings. The lowest BCUT2D eigenvalue weighted by molar-refractivity contribution is -0.145. The fraction of sp³-hybridized carbons (Fsp3) is 0.727. The van der Waals surface area contributed by atoms with Crippen LogP contribution in [0.5, 0.6) is 0 Å². The van der Waals surface area contributed by atoms with E-state index in [1.54, 1.807) is 0 Å². The van der Waals surface area contributed by atoms with Crippen LogP contribution in [-0.2, 0) is 9.59 Å². The predicted molar refractivity (Wildman–Crippen MR) is 69.5 cm³/mol. The van der Waals surface area contributed by atoms with E-state index in [0.717, 1.165) is 26.2 Å². The Kier molecular flexibility index (Phi) is 6.74. The third-order valence-corrected chi connectivity index (χ3v) is 2.91. The Morgan fingerprint density at radius 1 is 1.20 bits per heavy atom. The highest BCUT2D eigenvalue weighted by molar-refractivity contribution is 5.86. The molecular weight excluding hydrogens is 268 g/mol. The molecule has 1 rings (SSSR count). The topological polar surface area (TPSA) is 131 Å². The Bertz CT molecular complexity index is 357. The summed E-state index contributed by atoms with van der Waals surface area (Å²) in [7, 11) is 0. The molecule has 9 heteroatoms. The number of piperazine rings is 1. The number of carbonyl (C=O) groups is 3. The van der Waals surface area contributed by atoms with E-state index < -0.39 is 30.4 Å². The molecule has 20 heavy (non-hydrogen) atoms. The van der Waals surface area contributed by atoms with Gasteiger partial charge in [0.1, 0.15) is 6.04 Å². The quantitative estimate of drug-likeness (QED) is 0.370. The molecule has 0 radical (unpaired) electrons.